The summed E-state index contributed by atoms with van der Waals surface area (Å²) in [5, 5.41) is 13.1. The van der Waals surface area contributed by atoms with Crippen molar-refractivity contribution >= 4 is 11.6 Å². The largest absolute Gasteiger partial charge is 0.426 e. The molecule has 114 valence electrons. The van der Waals surface area contributed by atoms with Gasteiger partial charge in [-0.1, -0.05) is 25.1 Å². The number of carbonyl (C=O) groups is 1. The molecule has 7 heteroatoms. The van der Waals surface area contributed by atoms with Crippen LogP contribution in [0.2, 0.25) is 0 Å². The van der Waals surface area contributed by atoms with Gasteiger partial charge in [-0.2, -0.15) is 13.2 Å². The smallest absolute Gasteiger partial charge is 0.372 e. The molecule has 0 radical (unpaired) electrons. The lowest BCUT2D eigenvalue weighted by molar-refractivity contribution is -0.261. The Morgan fingerprint density at radius 1 is 1.38 bits per heavy atom. The Morgan fingerprint density at radius 2 is 2.00 bits per heavy atom. The van der Waals surface area contributed by atoms with Gasteiger partial charge in [-0.05, 0) is 18.6 Å². The quantitative estimate of drug-likeness (QED) is 0.771. The van der Waals surface area contributed by atoms with Crippen molar-refractivity contribution in [3.63, 3.8) is 0 Å². The van der Waals surface area contributed by atoms with Gasteiger partial charge in [0.15, 0.2) is 0 Å². The fraction of sp³-hybridized carbons (Fsp3) is 0.500. The van der Waals surface area contributed by atoms with E-state index < -0.39 is 29.3 Å². The zero-order chi connectivity index (χ0) is 15.6. The second-order valence-corrected chi connectivity index (χ2v) is 5.81. The molecule has 4 nitrogen and oxygen atoms in total. The van der Waals surface area contributed by atoms with Crippen molar-refractivity contribution in [1.29, 1.82) is 0 Å². The van der Waals surface area contributed by atoms with E-state index in [1.54, 1.807) is 24.3 Å². The Morgan fingerprint density at radius 3 is 2.62 bits per heavy atom. The number of para-hydroxylation sites is 1. The zero-order valence-electron chi connectivity index (χ0n) is 11.5. The summed E-state index contributed by atoms with van der Waals surface area (Å²) >= 11 is 0. The van der Waals surface area contributed by atoms with E-state index in [2.05, 4.69) is 5.32 Å². The first-order chi connectivity index (χ1) is 9.62. The third-order valence-electron chi connectivity index (χ3n) is 4.77. The number of nitrogens with one attached hydrogen (secondary N) is 1. The molecule has 1 amide bonds. The van der Waals surface area contributed by atoms with E-state index in [9.17, 15) is 23.1 Å². The Bertz CT molecular complexity index is 618. The highest BCUT2D eigenvalue weighted by Crippen LogP contribution is 2.52. The van der Waals surface area contributed by atoms with Crippen LogP contribution < -0.4 is 5.32 Å². The zero-order valence-corrected chi connectivity index (χ0v) is 11.5. The van der Waals surface area contributed by atoms with E-state index in [4.69, 9.17) is 0 Å². The average Bonchev–Trinajstić information content (AvgIpc) is 2.56. The molecule has 1 aromatic rings. The summed E-state index contributed by atoms with van der Waals surface area (Å²) in [6.45, 7) is 2.79. The number of amides is 1. The minimum absolute atomic E-state index is 0.0429. The Balaban J connectivity index is 2.12. The van der Waals surface area contributed by atoms with Crippen LogP contribution in [0, 0.1) is 5.92 Å². The molecular formula is C14H15F3N2O2. The van der Waals surface area contributed by atoms with E-state index in [-0.39, 0.29) is 6.54 Å². The minimum atomic E-state index is -5.02. The van der Waals surface area contributed by atoms with Crippen LogP contribution in [0.15, 0.2) is 24.3 Å². The van der Waals surface area contributed by atoms with E-state index in [1.807, 2.05) is 0 Å². The van der Waals surface area contributed by atoms with Gasteiger partial charge >= 0.3 is 6.18 Å². The number of fused-ring (bicyclic) bond motifs is 2. The van der Waals surface area contributed by atoms with E-state index in [0.717, 1.165) is 10.5 Å². The number of alkyl halides is 3. The van der Waals surface area contributed by atoms with Crippen LogP contribution in [0.5, 0.6) is 0 Å². The van der Waals surface area contributed by atoms with Crippen LogP contribution in [0.1, 0.15) is 19.4 Å². The molecule has 1 fully saturated rings. The molecule has 0 spiro atoms. The molecule has 3 rings (SSSR count). The van der Waals surface area contributed by atoms with E-state index >= 15 is 0 Å². The van der Waals surface area contributed by atoms with Crippen molar-refractivity contribution in [3.8, 4) is 0 Å². The van der Waals surface area contributed by atoms with Crippen LogP contribution in [0.4, 0.5) is 18.9 Å². The van der Waals surface area contributed by atoms with Crippen molar-refractivity contribution in [2.45, 2.75) is 37.8 Å². The summed E-state index contributed by atoms with van der Waals surface area (Å²) < 4.78 is 39.8. The molecule has 2 N–H and O–H groups in total. The first-order valence-corrected chi connectivity index (χ1v) is 6.59. The second kappa shape index (κ2) is 3.91. The molecule has 2 aliphatic heterocycles. The third kappa shape index (κ3) is 1.58. The Labute approximate surface area is 119 Å². The molecule has 3 unspecified atom stereocenters. The van der Waals surface area contributed by atoms with E-state index in [0.29, 0.717) is 5.69 Å². The SMILES string of the molecule is CC1C2(C)Nc3ccccc3CN2C(=O)C1(O)C(F)(F)F. The minimum Gasteiger partial charge on any atom is -0.372 e. The van der Waals surface area contributed by atoms with Crippen LogP contribution in [-0.4, -0.2) is 33.4 Å². The van der Waals surface area contributed by atoms with Crippen molar-refractivity contribution in [3.05, 3.63) is 29.8 Å². The number of rotatable bonds is 0. The van der Waals surface area contributed by atoms with Gasteiger partial charge in [0.2, 0.25) is 5.60 Å². The lowest BCUT2D eigenvalue weighted by Crippen LogP contribution is -2.56. The average molecular weight is 300 g/mol. The second-order valence-electron chi connectivity index (χ2n) is 5.81. The maximum Gasteiger partial charge on any atom is 0.426 e. The lowest BCUT2D eigenvalue weighted by Gasteiger charge is -2.44. The molecule has 0 aliphatic carbocycles. The summed E-state index contributed by atoms with van der Waals surface area (Å²) in [6, 6.07) is 7.01. The molecule has 1 aromatic carbocycles. The summed E-state index contributed by atoms with van der Waals surface area (Å²) in [6.07, 6.45) is -5.02. The number of anilines is 1. The normalized spacial score (nSPS) is 35.2. The first-order valence-electron chi connectivity index (χ1n) is 6.59. The Kier molecular flexibility index (Phi) is 2.64. The van der Waals surface area contributed by atoms with Crippen LogP contribution >= 0.6 is 0 Å². The van der Waals surface area contributed by atoms with Crippen molar-refractivity contribution in [2.75, 3.05) is 5.32 Å². The molecular weight excluding hydrogens is 285 g/mol. The molecule has 21 heavy (non-hydrogen) atoms. The summed E-state index contributed by atoms with van der Waals surface area (Å²) in [5.74, 6) is -2.64. The van der Waals surface area contributed by atoms with Gasteiger partial charge in [-0.3, -0.25) is 4.79 Å². The summed E-state index contributed by atoms with van der Waals surface area (Å²) in [5.41, 5.74) is -3.24. The Hall–Kier alpha value is -1.76. The van der Waals surface area contributed by atoms with E-state index in [1.165, 1.54) is 13.8 Å². The molecule has 0 saturated carbocycles. The van der Waals surface area contributed by atoms with Crippen molar-refractivity contribution < 1.29 is 23.1 Å². The summed E-state index contributed by atoms with van der Waals surface area (Å²) in [4.78, 5) is 13.3. The van der Waals surface area contributed by atoms with Gasteiger partial charge in [-0.25, -0.2) is 0 Å². The molecule has 2 aliphatic rings. The number of halogens is 3. The fourth-order valence-electron chi connectivity index (χ4n) is 3.24. The van der Waals surface area contributed by atoms with Gasteiger partial charge in [0.1, 0.15) is 5.66 Å². The van der Waals surface area contributed by atoms with Gasteiger partial charge in [-0.15, -0.1) is 0 Å². The van der Waals surface area contributed by atoms with Crippen LogP contribution in [0.3, 0.4) is 0 Å². The molecule has 0 aromatic heterocycles. The number of benzene rings is 1. The number of hydrogen-bond donors (Lipinski definition) is 2. The topological polar surface area (TPSA) is 52.6 Å². The lowest BCUT2D eigenvalue weighted by atomic mass is 9.83. The third-order valence-corrected chi connectivity index (χ3v) is 4.77. The number of aliphatic hydroxyl groups is 1. The highest BCUT2D eigenvalue weighted by atomic mass is 19.4. The molecule has 2 heterocycles. The summed E-state index contributed by atoms with van der Waals surface area (Å²) in [7, 11) is 0. The van der Waals surface area contributed by atoms with Gasteiger partial charge < -0.3 is 15.3 Å². The van der Waals surface area contributed by atoms with Gasteiger partial charge in [0, 0.05) is 11.6 Å². The molecule has 1 saturated heterocycles. The number of nitrogens with zero attached hydrogens (tertiary/aromatic N) is 1. The highest BCUT2D eigenvalue weighted by molar-refractivity contribution is 5.91. The van der Waals surface area contributed by atoms with Crippen molar-refractivity contribution in [2.24, 2.45) is 5.92 Å². The van der Waals surface area contributed by atoms with Crippen LogP contribution in [-0.2, 0) is 11.3 Å². The predicted molar refractivity (Wildman–Crippen MR) is 69.2 cm³/mol. The highest BCUT2D eigenvalue weighted by Gasteiger charge is 2.74. The fourth-order valence-corrected chi connectivity index (χ4v) is 3.24. The maximum absolute atomic E-state index is 13.3. The van der Waals surface area contributed by atoms with Crippen molar-refractivity contribution in [1.82, 2.24) is 4.90 Å². The number of hydrogen-bond acceptors (Lipinski definition) is 3. The van der Waals surface area contributed by atoms with Gasteiger partial charge in [0.25, 0.3) is 5.91 Å². The standard InChI is InChI=1S/C14H15F3N2O2/c1-8-12(2)18-10-6-4-3-5-9(10)7-19(12)11(20)13(8,21)14(15,16)17/h3-6,8,18,21H,7H2,1-2H3. The van der Waals surface area contributed by atoms with Gasteiger partial charge in [0.05, 0.1) is 6.54 Å². The first kappa shape index (κ1) is 14.2. The molecule has 3 atom stereocenters. The van der Waals surface area contributed by atoms with Crippen LogP contribution in [0.25, 0.3) is 0 Å². The monoisotopic (exact) mass is 300 g/mol. The number of carbonyl (C=O) groups excluding carboxylic acids is 1. The molecule has 0 bridgehead atoms. The predicted octanol–water partition coefficient (Wildman–Crippen LogP) is 2.10. The maximum atomic E-state index is 13.3.